The van der Waals surface area contributed by atoms with Gasteiger partial charge in [0, 0.05) is 19.2 Å². The molecule has 2 heterocycles. The summed E-state index contributed by atoms with van der Waals surface area (Å²) < 4.78 is 5.10. The third-order valence-electron chi connectivity index (χ3n) is 3.80. The number of nitrogens with zero attached hydrogens (tertiary/aromatic N) is 3. The predicted molar refractivity (Wildman–Crippen MR) is 60.3 cm³/mol. The molecule has 16 heavy (non-hydrogen) atoms. The summed E-state index contributed by atoms with van der Waals surface area (Å²) in [5, 5.41) is 0. The molecular weight excluding hydrogens is 204 g/mol. The first-order valence-corrected chi connectivity index (χ1v) is 5.64. The molecule has 2 aliphatic rings. The van der Waals surface area contributed by atoms with Crippen molar-refractivity contribution in [1.29, 1.82) is 0 Å². The maximum absolute atomic E-state index is 5.69. The Morgan fingerprint density at radius 3 is 2.81 bits per heavy atom. The molecule has 86 valence electrons. The normalized spacial score (nSPS) is 31.4. The highest BCUT2D eigenvalue weighted by molar-refractivity contribution is 5.44. The van der Waals surface area contributed by atoms with E-state index in [1.54, 1.807) is 13.4 Å². The number of hydrogen-bond donors (Lipinski definition) is 1. The van der Waals surface area contributed by atoms with Gasteiger partial charge in [0.1, 0.15) is 12.1 Å². The molecule has 1 saturated carbocycles. The molecule has 2 N–H and O–H groups in total. The van der Waals surface area contributed by atoms with Crippen LogP contribution in [0.1, 0.15) is 0 Å². The molecule has 0 spiro atoms. The van der Waals surface area contributed by atoms with E-state index < -0.39 is 0 Å². The summed E-state index contributed by atoms with van der Waals surface area (Å²) in [5.41, 5.74) is 5.69. The molecule has 2 unspecified atom stereocenters. The molecule has 2 fully saturated rings. The Hall–Kier alpha value is -1.36. The Kier molecular flexibility index (Phi) is 2.21. The summed E-state index contributed by atoms with van der Waals surface area (Å²) in [6, 6.07) is 1.89. The zero-order valence-electron chi connectivity index (χ0n) is 9.34. The van der Waals surface area contributed by atoms with E-state index in [0.717, 1.165) is 43.2 Å². The fourth-order valence-electron chi connectivity index (χ4n) is 2.80. The van der Waals surface area contributed by atoms with Crippen LogP contribution in [-0.4, -0.2) is 36.7 Å². The van der Waals surface area contributed by atoms with Crippen LogP contribution in [0.4, 0.5) is 5.82 Å². The van der Waals surface area contributed by atoms with E-state index in [1.165, 1.54) is 0 Å². The van der Waals surface area contributed by atoms with E-state index in [2.05, 4.69) is 14.9 Å². The van der Waals surface area contributed by atoms with Crippen LogP contribution in [-0.2, 0) is 0 Å². The highest BCUT2D eigenvalue weighted by Gasteiger charge is 2.54. The minimum Gasteiger partial charge on any atom is -0.481 e. The summed E-state index contributed by atoms with van der Waals surface area (Å²) in [5.74, 6) is 3.91. The molecule has 1 aromatic rings. The smallest absolute Gasteiger partial charge is 0.218 e. The molecule has 0 aromatic carbocycles. The van der Waals surface area contributed by atoms with Crippen LogP contribution in [0.2, 0.25) is 0 Å². The van der Waals surface area contributed by atoms with Gasteiger partial charge in [-0.15, -0.1) is 0 Å². The van der Waals surface area contributed by atoms with E-state index in [-0.39, 0.29) is 0 Å². The van der Waals surface area contributed by atoms with Crippen LogP contribution in [0.15, 0.2) is 12.4 Å². The second kappa shape index (κ2) is 3.59. The Morgan fingerprint density at radius 2 is 2.19 bits per heavy atom. The number of hydrogen-bond acceptors (Lipinski definition) is 5. The number of rotatable bonds is 3. The molecule has 2 atom stereocenters. The van der Waals surface area contributed by atoms with Crippen molar-refractivity contribution in [3.63, 3.8) is 0 Å². The molecule has 5 heteroatoms. The van der Waals surface area contributed by atoms with Crippen LogP contribution in [0.3, 0.4) is 0 Å². The highest BCUT2D eigenvalue weighted by Crippen LogP contribution is 2.51. The quantitative estimate of drug-likeness (QED) is 0.784. The van der Waals surface area contributed by atoms with Crippen LogP contribution >= 0.6 is 0 Å². The zero-order valence-corrected chi connectivity index (χ0v) is 9.34. The van der Waals surface area contributed by atoms with Gasteiger partial charge in [-0.05, 0) is 24.3 Å². The topological polar surface area (TPSA) is 64.3 Å². The maximum Gasteiger partial charge on any atom is 0.218 e. The summed E-state index contributed by atoms with van der Waals surface area (Å²) in [4.78, 5) is 10.6. The highest BCUT2D eigenvalue weighted by atomic mass is 16.5. The van der Waals surface area contributed by atoms with Crippen molar-refractivity contribution in [2.24, 2.45) is 23.5 Å². The zero-order chi connectivity index (χ0) is 11.1. The van der Waals surface area contributed by atoms with E-state index in [1.807, 2.05) is 6.07 Å². The van der Waals surface area contributed by atoms with Gasteiger partial charge in [0.25, 0.3) is 0 Å². The van der Waals surface area contributed by atoms with Crippen molar-refractivity contribution in [2.45, 2.75) is 0 Å². The van der Waals surface area contributed by atoms with Gasteiger partial charge in [0.2, 0.25) is 5.88 Å². The van der Waals surface area contributed by atoms with Crippen LogP contribution in [0, 0.1) is 17.8 Å². The second-order valence-electron chi connectivity index (χ2n) is 4.55. The number of nitrogens with two attached hydrogens (primary N) is 1. The molecule has 1 aromatic heterocycles. The molecule has 1 saturated heterocycles. The van der Waals surface area contributed by atoms with Gasteiger partial charge >= 0.3 is 0 Å². The molecule has 1 aliphatic carbocycles. The molecule has 0 radical (unpaired) electrons. The summed E-state index contributed by atoms with van der Waals surface area (Å²) in [6.45, 7) is 2.98. The molecule has 3 rings (SSSR count). The van der Waals surface area contributed by atoms with Gasteiger partial charge < -0.3 is 15.4 Å². The largest absolute Gasteiger partial charge is 0.481 e. The first-order chi connectivity index (χ1) is 7.83. The average molecular weight is 220 g/mol. The van der Waals surface area contributed by atoms with Crippen LogP contribution in [0.5, 0.6) is 5.88 Å². The third-order valence-corrected chi connectivity index (χ3v) is 3.80. The summed E-state index contributed by atoms with van der Waals surface area (Å²) in [7, 11) is 1.62. The van der Waals surface area contributed by atoms with Gasteiger partial charge in [-0.25, -0.2) is 9.97 Å². The van der Waals surface area contributed by atoms with Gasteiger partial charge in [0.15, 0.2) is 0 Å². The molecule has 1 aliphatic heterocycles. The van der Waals surface area contributed by atoms with E-state index >= 15 is 0 Å². The van der Waals surface area contributed by atoms with E-state index in [9.17, 15) is 0 Å². The third kappa shape index (κ3) is 1.43. The molecule has 5 nitrogen and oxygen atoms in total. The van der Waals surface area contributed by atoms with Crippen LogP contribution < -0.4 is 15.4 Å². The Morgan fingerprint density at radius 1 is 1.44 bits per heavy atom. The van der Waals surface area contributed by atoms with Crippen molar-refractivity contribution in [3.05, 3.63) is 12.4 Å². The number of piperidine rings is 1. The monoisotopic (exact) mass is 220 g/mol. The SMILES string of the molecule is COc1cc(N2CC3C(CN)C3C2)ncn1. The minimum absolute atomic E-state index is 0.626. The molecular formula is C11H16N4O. The van der Waals surface area contributed by atoms with Crippen molar-refractivity contribution in [2.75, 3.05) is 31.6 Å². The number of fused-ring (bicyclic) bond motifs is 1. The minimum atomic E-state index is 0.626. The first-order valence-electron chi connectivity index (χ1n) is 5.64. The second-order valence-corrected chi connectivity index (χ2v) is 4.55. The van der Waals surface area contributed by atoms with Crippen molar-refractivity contribution in [3.8, 4) is 5.88 Å². The lowest BCUT2D eigenvalue weighted by Gasteiger charge is -2.20. The van der Waals surface area contributed by atoms with Gasteiger partial charge in [-0.3, -0.25) is 0 Å². The predicted octanol–water partition coefficient (Wildman–Crippen LogP) is 0.126. The van der Waals surface area contributed by atoms with Gasteiger partial charge in [-0.1, -0.05) is 0 Å². The first kappa shape index (κ1) is 9.84. The average Bonchev–Trinajstić information content (AvgIpc) is 2.81. The Balaban J connectivity index is 1.71. The fourth-order valence-corrected chi connectivity index (χ4v) is 2.80. The lowest BCUT2D eigenvalue weighted by atomic mass is 10.2. The Labute approximate surface area is 94.6 Å². The molecule has 0 amide bonds. The number of methoxy groups -OCH3 is 1. The van der Waals surface area contributed by atoms with Crippen molar-refractivity contribution in [1.82, 2.24) is 9.97 Å². The number of anilines is 1. The van der Waals surface area contributed by atoms with Gasteiger partial charge in [-0.2, -0.15) is 0 Å². The number of ether oxygens (including phenoxy) is 1. The maximum atomic E-state index is 5.69. The summed E-state index contributed by atoms with van der Waals surface area (Å²) >= 11 is 0. The van der Waals surface area contributed by atoms with Crippen molar-refractivity contribution >= 4 is 5.82 Å². The lowest BCUT2D eigenvalue weighted by Crippen LogP contribution is -2.26. The lowest BCUT2D eigenvalue weighted by molar-refractivity contribution is 0.396. The standard InChI is InChI=1S/C11H16N4O/c1-16-11-2-10(13-6-14-11)15-4-8-7(3-12)9(8)5-15/h2,6-9H,3-5,12H2,1H3. The Bertz CT molecular complexity index is 385. The number of aromatic nitrogens is 2. The van der Waals surface area contributed by atoms with Crippen LogP contribution in [0.25, 0.3) is 0 Å². The molecule has 0 bridgehead atoms. The van der Waals surface area contributed by atoms with Crippen molar-refractivity contribution < 1.29 is 4.74 Å². The van der Waals surface area contributed by atoms with E-state index in [0.29, 0.717) is 5.88 Å². The van der Waals surface area contributed by atoms with E-state index in [4.69, 9.17) is 10.5 Å². The fraction of sp³-hybridized carbons (Fsp3) is 0.636. The summed E-state index contributed by atoms with van der Waals surface area (Å²) in [6.07, 6.45) is 1.55. The van der Waals surface area contributed by atoms with Gasteiger partial charge in [0.05, 0.1) is 7.11 Å².